The van der Waals surface area contributed by atoms with Crippen LogP contribution in [0, 0.1) is 0 Å². The van der Waals surface area contributed by atoms with Gasteiger partial charge in [0.1, 0.15) is 0 Å². The molecule has 3 heteroatoms. The molecule has 0 amide bonds. The van der Waals surface area contributed by atoms with Crippen LogP contribution in [0.2, 0.25) is 0 Å². The Bertz CT molecular complexity index is 244. The van der Waals surface area contributed by atoms with E-state index in [2.05, 4.69) is 0 Å². The van der Waals surface area contributed by atoms with Gasteiger partial charge >= 0.3 is 7.80 Å². The van der Waals surface area contributed by atoms with Gasteiger partial charge in [-0.25, -0.2) is 0 Å². The van der Waals surface area contributed by atoms with Gasteiger partial charge in [-0.2, -0.15) is 0 Å². The molecule has 2 nitrogen and oxygen atoms in total. The van der Waals surface area contributed by atoms with E-state index in [4.69, 9.17) is 5.11 Å². The van der Waals surface area contributed by atoms with Crippen molar-refractivity contribution in [2.75, 3.05) is 0 Å². The van der Waals surface area contributed by atoms with Crippen LogP contribution >= 0.6 is 7.80 Å². The van der Waals surface area contributed by atoms with Crippen molar-refractivity contribution in [1.29, 1.82) is 0 Å². The van der Waals surface area contributed by atoms with Gasteiger partial charge in [0.2, 0.25) is 0 Å². The molecule has 0 bridgehead atoms. The standard InChI is InChI=1S/C8H10O2P/c1-7(9)11(10)8-5-3-2-4-6-8/h2-7,9H,1H3/q+1. The van der Waals surface area contributed by atoms with Crippen LogP contribution in [0.4, 0.5) is 0 Å². The topological polar surface area (TPSA) is 37.3 Å². The van der Waals surface area contributed by atoms with E-state index < -0.39 is 13.6 Å². The summed E-state index contributed by atoms with van der Waals surface area (Å²) in [6, 6.07) is 8.99. The predicted octanol–water partition coefficient (Wildman–Crippen LogP) is 1.48. The van der Waals surface area contributed by atoms with Crippen molar-refractivity contribution in [3.63, 3.8) is 0 Å². The molecule has 0 aliphatic heterocycles. The first-order valence-corrected chi connectivity index (χ1v) is 4.74. The SMILES string of the molecule is CC(O)[P+](=O)c1ccccc1. The minimum Gasteiger partial charge on any atom is -0.351 e. The molecule has 1 rings (SSSR count). The Morgan fingerprint density at radius 1 is 1.36 bits per heavy atom. The largest absolute Gasteiger partial charge is 0.407 e. The van der Waals surface area contributed by atoms with Gasteiger partial charge in [-0.15, -0.1) is 0 Å². The van der Waals surface area contributed by atoms with Crippen LogP contribution in [-0.4, -0.2) is 11.0 Å². The monoisotopic (exact) mass is 169 g/mol. The summed E-state index contributed by atoms with van der Waals surface area (Å²) < 4.78 is 11.2. The van der Waals surface area contributed by atoms with Gasteiger partial charge in [0, 0.05) is 6.92 Å². The summed E-state index contributed by atoms with van der Waals surface area (Å²) in [5, 5.41) is 9.70. The number of hydrogen-bond donors (Lipinski definition) is 1. The Hall–Kier alpha value is -0.720. The summed E-state index contributed by atoms with van der Waals surface area (Å²) in [7, 11) is -1.63. The van der Waals surface area contributed by atoms with E-state index in [9.17, 15) is 4.57 Å². The molecule has 0 heterocycles. The van der Waals surface area contributed by atoms with Crippen LogP contribution in [-0.2, 0) is 4.57 Å². The van der Waals surface area contributed by atoms with Gasteiger partial charge < -0.3 is 5.11 Å². The second-order valence-corrected chi connectivity index (χ2v) is 4.21. The lowest BCUT2D eigenvalue weighted by molar-refractivity contribution is 0.273. The lowest BCUT2D eigenvalue weighted by Crippen LogP contribution is -2.03. The molecular formula is C8H10O2P+. The zero-order chi connectivity index (χ0) is 8.27. The summed E-state index contributed by atoms with van der Waals surface area (Å²) in [4.78, 5) is 0. The highest BCUT2D eigenvalue weighted by Crippen LogP contribution is 2.23. The molecule has 0 aliphatic rings. The summed E-state index contributed by atoms with van der Waals surface area (Å²) in [6.45, 7) is 1.53. The molecule has 0 saturated heterocycles. The molecule has 2 atom stereocenters. The molecule has 0 fully saturated rings. The average molecular weight is 169 g/mol. The van der Waals surface area contributed by atoms with E-state index in [1.807, 2.05) is 18.2 Å². The molecule has 1 aromatic carbocycles. The van der Waals surface area contributed by atoms with Crippen molar-refractivity contribution in [3.8, 4) is 0 Å². The number of aliphatic hydroxyl groups excluding tert-OH is 1. The fraction of sp³-hybridized carbons (Fsp3) is 0.250. The number of benzene rings is 1. The van der Waals surface area contributed by atoms with Crippen molar-refractivity contribution in [2.45, 2.75) is 12.8 Å². The van der Waals surface area contributed by atoms with E-state index in [0.717, 1.165) is 0 Å². The lowest BCUT2D eigenvalue weighted by atomic mass is 10.4. The first kappa shape index (κ1) is 8.38. The first-order chi connectivity index (χ1) is 5.22. The van der Waals surface area contributed by atoms with Crippen LogP contribution < -0.4 is 5.30 Å². The van der Waals surface area contributed by atoms with Crippen LogP contribution in [0.25, 0.3) is 0 Å². The third-order valence-electron chi connectivity index (χ3n) is 1.35. The van der Waals surface area contributed by atoms with Crippen molar-refractivity contribution in [2.24, 2.45) is 0 Å². The van der Waals surface area contributed by atoms with Gasteiger partial charge in [0.25, 0.3) is 5.85 Å². The Labute approximate surface area is 66.7 Å². The molecular weight excluding hydrogens is 159 g/mol. The van der Waals surface area contributed by atoms with Gasteiger partial charge in [-0.3, -0.25) is 0 Å². The van der Waals surface area contributed by atoms with Crippen LogP contribution in [0.3, 0.4) is 0 Å². The highest BCUT2D eigenvalue weighted by molar-refractivity contribution is 7.53. The van der Waals surface area contributed by atoms with E-state index in [0.29, 0.717) is 5.30 Å². The van der Waals surface area contributed by atoms with Gasteiger partial charge in [0.15, 0.2) is 5.30 Å². The number of aliphatic hydroxyl groups is 1. The zero-order valence-electron chi connectivity index (χ0n) is 6.27. The van der Waals surface area contributed by atoms with E-state index in [1.165, 1.54) is 6.92 Å². The fourth-order valence-electron chi connectivity index (χ4n) is 0.791. The Balaban J connectivity index is 2.86. The van der Waals surface area contributed by atoms with Crippen LogP contribution in [0.15, 0.2) is 30.3 Å². The van der Waals surface area contributed by atoms with Crippen LogP contribution in [0.1, 0.15) is 6.92 Å². The molecule has 0 saturated carbocycles. The van der Waals surface area contributed by atoms with Crippen LogP contribution in [0.5, 0.6) is 0 Å². The maximum Gasteiger partial charge on any atom is 0.407 e. The Kier molecular flexibility index (Phi) is 2.75. The van der Waals surface area contributed by atoms with Gasteiger partial charge in [0.05, 0.1) is 0 Å². The fourth-order valence-corrected chi connectivity index (χ4v) is 1.69. The number of rotatable bonds is 2. The molecule has 0 aromatic heterocycles. The molecule has 1 aromatic rings. The third-order valence-corrected chi connectivity index (χ3v) is 2.84. The summed E-state index contributed by atoms with van der Waals surface area (Å²) >= 11 is 0. The van der Waals surface area contributed by atoms with E-state index in [-0.39, 0.29) is 0 Å². The maximum absolute atomic E-state index is 11.2. The molecule has 11 heavy (non-hydrogen) atoms. The van der Waals surface area contributed by atoms with E-state index >= 15 is 0 Å². The van der Waals surface area contributed by atoms with Crippen molar-refractivity contribution >= 4 is 13.1 Å². The number of hydrogen-bond acceptors (Lipinski definition) is 2. The average Bonchev–Trinajstić information content (AvgIpc) is 2.05. The molecule has 0 radical (unpaired) electrons. The maximum atomic E-state index is 11.2. The van der Waals surface area contributed by atoms with E-state index in [1.54, 1.807) is 12.1 Å². The summed E-state index contributed by atoms with van der Waals surface area (Å²) in [5.74, 6) is -0.757. The second-order valence-electron chi connectivity index (χ2n) is 2.29. The summed E-state index contributed by atoms with van der Waals surface area (Å²) in [6.07, 6.45) is 0. The third kappa shape index (κ3) is 2.11. The first-order valence-electron chi connectivity index (χ1n) is 3.41. The van der Waals surface area contributed by atoms with Gasteiger partial charge in [-0.05, 0) is 12.1 Å². The Morgan fingerprint density at radius 2 is 1.91 bits per heavy atom. The highest BCUT2D eigenvalue weighted by atomic mass is 31.1. The van der Waals surface area contributed by atoms with Crippen molar-refractivity contribution in [3.05, 3.63) is 30.3 Å². The predicted molar refractivity (Wildman–Crippen MR) is 45.4 cm³/mol. The summed E-state index contributed by atoms with van der Waals surface area (Å²) in [5.41, 5.74) is 0. The molecule has 2 unspecified atom stereocenters. The molecule has 0 spiro atoms. The van der Waals surface area contributed by atoms with Crippen molar-refractivity contribution in [1.82, 2.24) is 0 Å². The minimum absolute atomic E-state index is 0.706. The Morgan fingerprint density at radius 3 is 2.36 bits per heavy atom. The van der Waals surface area contributed by atoms with Gasteiger partial charge in [-0.1, -0.05) is 22.8 Å². The minimum atomic E-state index is -1.63. The lowest BCUT2D eigenvalue weighted by Gasteiger charge is -1.88. The quantitative estimate of drug-likeness (QED) is 0.681. The highest BCUT2D eigenvalue weighted by Gasteiger charge is 2.25. The molecule has 0 aliphatic carbocycles. The molecule has 58 valence electrons. The molecule has 1 N–H and O–H groups in total. The van der Waals surface area contributed by atoms with Crippen molar-refractivity contribution < 1.29 is 9.67 Å². The second kappa shape index (κ2) is 3.61. The zero-order valence-corrected chi connectivity index (χ0v) is 7.16. The smallest absolute Gasteiger partial charge is 0.351 e. The normalized spacial score (nSPS) is 14.2.